The van der Waals surface area contributed by atoms with E-state index < -0.39 is 23.4 Å². The zero-order valence-electron chi connectivity index (χ0n) is 8.04. The first-order chi connectivity index (χ1) is 5.44. The fourth-order valence-electron chi connectivity index (χ4n) is 0.750. The molecule has 0 aromatic heterocycles. The molecule has 0 aliphatic rings. The van der Waals surface area contributed by atoms with E-state index in [1.54, 1.807) is 0 Å². The SMILES string of the molecule is CC(C)C(C)(C)C(F)(F)C(O)(F)F. The van der Waals surface area contributed by atoms with E-state index in [1.807, 2.05) is 0 Å². The van der Waals surface area contributed by atoms with Gasteiger partial charge in [0, 0.05) is 5.41 Å². The predicted octanol–water partition coefficient (Wildman–Crippen LogP) is 2.89. The highest BCUT2D eigenvalue weighted by Crippen LogP contribution is 2.49. The lowest BCUT2D eigenvalue weighted by atomic mass is 9.75. The zero-order chi connectivity index (χ0) is 11.1. The van der Waals surface area contributed by atoms with E-state index in [9.17, 15) is 17.6 Å². The van der Waals surface area contributed by atoms with Crippen LogP contribution in [0.3, 0.4) is 0 Å². The third-order valence-corrected chi connectivity index (χ3v) is 2.63. The van der Waals surface area contributed by atoms with Gasteiger partial charge in [0.15, 0.2) is 0 Å². The average Bonchev–Trinajstić information content (AvgIpc) is 1.84. The second-order valence-corrected chi connectivity index (χ2v) is 3.99. The summed E-state index contributed by atoms with van der Waals surface area (Å²) in [6.07, 6.45) is -4.97. The van der Waals surface area contributed by atoms with Crippen LogP contribution in [0.2, 0.25) is 0 Å². The first-order valence-electron chi connectivity index (χ1n) is 3.92. The van der Waals surface area contributed by atoms with Gasteiger partial charge in [-0.3, -0.25) is 0 Å². The summed E-state index contributed by atoms with van der Waals surface area (Å²) in [6.45, 7) is 4.81. The monoisotopic (exact) mass is 202 g/mol. The fraction of sp³-hybridized carbons (Fsp3) is 1.00. The number of aliphatic hydroxyl groups is 1. The normalized spacial score (nSPS) is 15.2. The van der Waals surface area contributed by atoms with Crippen LogP contribution in [0, 0.1) is 11.3 Å². The van der Waals surface area contributed by atoms with Crippen LogP contribution in [-0.4, -0.2) is 17.1 Å². The molecule has 0 amide bonds. The summed E-state index contributed by atoms with van der Waals surface area (Å²) in [5, 5.41) is 8.05. The number of hydrogen-bond donors (Lipinski definition) is 1. The number of hydrogen-bond acceptors (Lipinski definition) is 1. The van der Waals surface area contributed by atoms with E-state index in [0.29, 0.717) is 0 Å². The van der Waals surface area contributed by atoms with E-state index in [4.69, 9.17) is 5.11 Å². The van der Waals surface area contributed by atoms with Gasteiger partial charge in [-0.1, -0.05) is 27.7 Å². The lowest BCUT2D eigenvalue weighted by Gasteiger charge is -2.39. The second kappa shape index (κ2) is 3.12. The van der Waals surface area contributed by atoms with Crippen LogP contribution >= 0.6 is 0 Å². The first kappa shape index (κ1) is 12.7. The summed E-state index contributed by atoms with van der Waals surface area (Å²) in [5.74, 6) is -5.09. The van der Waals surface area contributed by atoms with Crippen LogP contribution in [0.5, 0.6) is 0 Å². The summed E-state index contributed by atoms with van der Waals surface area (Å²) in [4.78, 5) is 0. The summed E-state index contributed by atoms with van der Waals surface area (Å²) in [5.41, 5.74) is -1.95. The number of halogens is 4. The van der Waals surface area contributed by atoms with Crippen molar-refractivity contribution in [3.8, 4) is 0 Å². The van der Waals surface area contributed by atoms with Crippen molar-refractivity contribution < 1.29 is 22.7 Å². The van der Waals surface area contributed by atoms with Crippen molar-refractivity contribution in [1.29, 1.82) is 0 Å². The molecule has 0 heterocycles. The molecule has 0 aromatic carbocycles. The van der Waals surface area contributed by atoms with Crippen LogP contribution in [0.4, 0.5) is 17.6 Å². The van der Waals surface area contributed by atoms with Crippen LogP contribution in [0.15, 0.2) is 0 Å². The third kappa shape index (κ3) is 1.95. The van der Waals surface area contributed by atoms with Crippen molar-refractivity contribution in [2.75, 3.05) is 0 Å². The highest BCUT2D eigenvalue weighted by atomic mass is 19.3. The Balaban J connectivity index is 5.04. The molecule has 5 heteroatoms. The summed E-state index contributed by atoms with van der Waals surface area (Å²) in [6, 6.07) is 0. The minimum Gasteiger partial charge on any atom is -0.332 e. The van der Waals surface area contributed by atoms with Gasteiger partial charge < -0.3 is 5.11 Å². The summed E-state index contributed by atoms with van der Waals surface area (Å²) >= 11 is 0. The Bertz CT molecular complexity index is 181. The van der Waals surface area contributed by atoms with Gasteiger partial charge in [-0.25, -0.2) is 0 Å². The second-order valence-electron chi connectivity index (χ2n) is 3.99. The molecule has 1 nitrogen and oxygen atoms in total. The van der Waals surface area contributed by atoms with E-state index in [1.165, 1.54) is 13.8 Å². The molecule has 13 heavy (non-hydrogen) atoms. The van der Waals surface area contributed by atoms with Crippen molar-refractivity contribution in [1.82, 2.24) is 0 Å². The highest BCUT2D eigenvalue weighted by Gasteiger charge is 2.65. The number of alkyl halides is 4. The maximum absolute atomic E-state index is 13.0. The Morgan fingerprint density at radius 2 is 1.31 bits per heavy atom. The molecule has 0 radical (unpaired) electrons. The van der Waals surface area contributed by atoms with Crippen molar-refractivity contribution in [3.05, 3.63) is 0 Å². The van der Waals surface area contributed by atoms with Gasteiger partial charge in [-0.05, 0) is 5.92 Å². The van der Waals surface area contributed by atoms with E-state index >= 15 is 0 Å². The molecule has 0 saturated heterocycles. The van der Waals surface area contributed by atoms with Crippen LogP contribution in [0.1, 0.15) is 27.7 Å². The van der Waals surface area contributed by atoms with Crippen molar-refractivity contribution >= 4 is 0 Å². The Morgan fingerprint density at radius 3 is 1.38 bits per heavy atom. The quantitative estimate of drug-likeness (QED) is 0.697. The first-order valence-corrected chi connectivity index (χ1v) is 3.92. The molecule has 80 valence electrons. The van der Waals surface area contributed by atoms with Gasteiger partial charge in [0.2, 0.25) is 0 Å². The summed E-state index contributed by atoms with van der Waals surface area (Å²) < 4.78 is 50.2. The molecule has 0 saturated carbocycles. The molecular weight excluding hydrogens is 188 g/mol. The molecule has 0 atom stereocenters. The van der Waals surface area contributed by atoms with Crippen LogP contribution in [0.25, 0.3) is 0 Å². The molecule has 0 spiro atoms. The molecule has 0 aliphatic heterocycles. The molecule has 0 fully saturated rings. The maximum Gasteiger partial charge on any atom is 0.417 e. The third-order valence-electron chi connectivity index (χ3n) is 2.63. The zero-order valence-corrected chi connectivity index (χ0v) is 8.04. The van der Waals surface area contributed by atoms with Gasteiger partial charge >= 0.3 is 12.0 Å². The van der Waals surface area contributed by atoms with Crippen molar-refractivity contribution in [2.45, 2.75) is 39.7 Å². The smallest absolute Gasteiger partial charge is 0.332 e. The Kier molecular flexibility index (Phi) is 3.04. The van der Waals surface area contributed by atoms with Crippen LogP contribution < -0.4 is 0 Å². The average molecular weight is 202 g/mol. The van der Waals surface area contributed by atoms with Crippen molar-refractivity contribution in [3.63, 3.8) is 0 Å². The maximum atomic E-state index is 13.0. The Morgan fingerprint density at radius 1 is 1.00 bits per heavy atom. The molecule has 0 aromatic rings. The predicted molar refractivity (Wildman–Crippen MR) is 40.7 cm³/mol. The minimum atomic E-state index is -4.97. The lowest BCUT2D eigenvalue weighted by Crippen LogP contribution is -2.53. The standard InChI is InChI=1S/C8H14F4O/c1-5(2)6(3,4)7(9,10)8(11,12)13/h5,13H,1-4H3. The van der Waals surface area contributed by atoms with Gasteiger partial charge in [0.05, 0.1) is 0 Å². The van der Waals surface area contributed by atoms with Gasteiger partial charge in [0.1, 0.15) is 0 Å². The molecule has 0 unspecified atom stereocenters. The molecule has 1 N–H and O–H groups in total. The van der Waals surface area contributed by atoms with Gasteiger partial charge in [0.25, 0.3) is 0 Å². The fourth-order valence-corrected chi connectivity index (χ4v) is 0.750. The largest absolute Gasteiger partial charge is 0.417 e. The Labute approximate surface area is 74.8 Å². The van der Waals surface area contributed by atoms with Gasteiger partial charge in [-0.15, -0.1) is 0 Å². The van der Waals surface area contributed by atoms with Crippen LogP contribution in [-0.2, 0) is 0 Å². The van der Waals surface area contributed by atoms with E-state index in [2.05, 4.69) is 0 Å². The minimum absolute atomic E-state index is 0.666. The molecule has 0 rings (SSSR count). The number of rotatable bonds is 3. The Hall–Kier alpha value is -0.320. The molecular formula is C8H14F4O. The van der Waals surface area contributed by atoms with Gasteiger partial charge in [-0.2, -0.15) is 17.6 Å². The topological polar surface area (TPSA) is 20.2 Å². The van der Waals surface area contributed by atoms with E-state index in [0.717, 1.165) is 13.8 Å². The van der Waals surface area contributed by atoms with E-state index in [-0.39, 0.29) is 0 Å². The molecule has 0 aliphatic carbocycles. The van der Waals surface area contributed by atoms with Crippen molar-refractivity contribution in [2.24, 2.45) is 11.3 Å². The summed E-state index contributed by atoms with van der Waals surface area (Å²) in [7, 11) is 0. The highest BCUT2D eigenvalue weighted by molar-refractivity contribution is 4.92. The molecule has 0 bridgehead atoms. The lowest BCUT2D eigenvalue weighted by molar-refractivity contribution is -0.362.